The fourth-order valence-corrected chi connectivity index (χ4v) is 2.22. The van der Waals surface area contributed by atoms with E-state index in [2.05, 4.69) is 10.6 Å². The molecular formula is C12H25ClN2O. The highest BCUT2D eigenvalue weighted by Crippen LogP contribution is 2.25. The first-order valence-electron chi connectivity index (χ1n) is 6.24. The van der Waals surface area contributed by atoms with Crippen molar-refractivity contribution in [2.75, 3.05) is 20.1 Å². The molecule has 1 aliphatic carbocycles. The summed E-state index contributed by atoms with van der Waals surface area (Å²) >= 11 is 0. The number of hydrogen-bond acceptors (Lipinski definition) is 2. The van der Waals surface area contributed by atoms with Gasteiger partial charge in [-0.25, -0.2) is 0 Å². The van der Waals surface area contributed by atoms with E-state index in [4.69, 9.17) is 0 Å². The number of carbonyl (C=O) groups is 1. The van der Waals surface area contributed by atoms with E-state index in [9.17, 15) is 4.79 Å². The maximum atomic E-state index is 11.3. The molecule has 0 aliphatic heterocycles. The molecule has 0 saturated heterocycles. The zero-order chi connectivity index (χ0) is 10.9. The van der Waals surface area contributed by atoms with E-state index in [-0.39, 0.29) is 18.3 Å². The van der Waals surface area contributed by atoms with Crippen LogP contribution < -0.4 is 10.6 Å². The van der Waals surface area contributed by atoms with Gasteiger partial charge in [0.2, 0.25) is 5.91 Å². The third-order valence-electron chi connectivity index (χ3n) is 3.20. The summed E-state index contributed by atoms with van der Waals surface area (Å²) in [5, 5.41) is 5.96. The first-order valence-corrected chi connectivity index (χ1v) is 6.24. The predicted octanol–water partition coefficient (Wildman–Crippen LogP) is 2.10. The van der Waals surface area contributed by atoms with Gasteiger partial charge in [-0.3, -0.25) is 4.79 Å². The molecular weight excluding hydrogens is 224 g/mol. The van der Waals surface area contributed by atoms with Crippen LogP contribution in [0.15, 0.2) is 0 Å². The lowest BCUT2D eigenvalue weighted by molar-refractivity contribution is -0.121. The first kappa shape index (κ1) is 15.7. The summed E-state index contributed by atoms with van der Waals surface area (Å²) in [5.41, 5.74) is 0. The number of amides is 1. The summed E-state index contributed by atoms with van der Waals surface area (Å²) in [7, 11) is 1.87. The van der Waals surface area contributed by atoms with E-state index in [0.717, 1.165) is 19.0 Å². The molecule has 2 N–H and O–H groups in total. The van der Waals surface area contributed by atoms with Crippen molar-refractivity contribution in [2.45, 2.75) is 44.9 Å². The van der Waals surface area contributed by atoms with Crippen molar-refractivity contribution in [3.05, 3.63) is 0 Å². The number of rotatable bonds is 6. The molecule has 0 aromatic heterocycles. The van der Waals surface area contributed by atoms with Crippen molar-refractivity contribution in [3.8, 4) is 0 Å². The van der Waals surface area contributed by atoms with Gasteiger partial charge >= 0.3 is 0 Å². The predicted molar refractivity (Wildman–Crippen MR) is 70.0 cm³/mol. The van der Waals surface area contributed by atoms with Gasteiger partial charge in [-0.1, -0.05) is 32.1 Å². The second-order valence-electron chi connectivity index (χ2n) is 4.50. The largest absolute Gasteiger partial charge is 0.356 e. The number of hydrogen-bond donors (Lipinski definition) is 2. The van der Waals surface area contributed by atoms with Gasteiger partial charge in [0.25, 0.3) is 0 Å². The lowest BCUT2D eigenvalue weighted by Crippen LogP contribution is -2.28. The Morgan fingerprint density at radius 1 is 1.19 bits per heavy atom. The minimum Gasteiger partial charge on any atom is -0.356 e. The van der Waals surface area contributed by atoms with Crippen molar-refractivity contribution in [1.82, 2.24) is 10.6 Å². The Labute approximate surface area is 105 Å². The van der Waals surface area contributed by atoms with E-state index < -0.39 is 0 Å². The van der Waals surface area contributed by atoms with Gasteiger partial charge < -0.3 is 10.6 Å². The summed E-state index contributed by atoms with van der Waals surface area (Å²) in [4.78, 5) is 11.3. The minimum atomic E-state index is 0. The van der Waals surface area contributed by atoms with Crippen molar-refractivity contribution >= 4 is 18.3 Å². The van der Waals surface area contributed by atoms with Crippen LogP contribution in [0.4, 0.5) is 0 Å². The van der Waals surface area contributed by atoms with Crippen LogP contribution in [-0.4, -0.2) is 26.0 Å². The SMILES string of the molecule is CNCCC(=O)NCCC1CCCCC1.Cl. The molecule has 1 aliphatic rings. The van der Waals surface area contributed by atoms with Crippen molar-refractivity contribution in [2.24, 2.45) is 5.92 Å². The van der Waals surface area contributed by atoms with E-state index >= 15 is 0 Å². The van der Waals surface area contributed by atoms with Crippen LogP contribution in [0.1, 0.15) is 44.9 Å². The van der Waals surface area contributed by atoms with Crippen LogP contribution in [0.25, 0.3) is 0 Å². The zero-order valence-electron chi connectivity index (χ0n) is 10.3. The van der Waals surface area contributed by atoms with Gasteiger partial charge in [0, 0.05) is 19.5 Å². The molecule has 0 aromatic carbocycles. The van der Waals surface area contributed by atoms with E-state index in [1.807, 2.05) is 7.05 Å². The monoisotopic (exact) mass is 248 g/mol. The fraction of sp³-hybridized carbons (Fsp3) is 0.917. The average molecular weight is 249 g/mol. The fourth-order valence-electron chi connectivity index (χ4n) is 2.22. The highest BCUT2D eigenvalue weighted by atomic mass is 35.5. The molecule has 96 valence electrons. The number of nitrogens with one attached hydrogen (secondary N) is 2. The molecule has 0 aromatic rings. The van der Waals surface area contributed by atoms with Gasteiger partial charge in [-0.2, -0.15) is 0 Å². The third-order valence-corrected chi connectivity index (χ3v) is 3.20. The van der Waals surface area contributed by atoms with Gasteiger partial charge in [-0.05, 0) is 19.4 Å². The summed E-state index contributed by atoms with van der Waals surface area (Å²) in [6.07, 6.45) is 8.69. The lowest BCUT2D eigenvalue weighted by Gasteiger charge is -2.21. The van der Waals surface area contributed by atoms with Crippen LogP contribution in [0.2, 0.25) is 0 Å². The average Bonchev–Trinajstić information content (AvgIpc) is 2.28. The third kappa shape index (κ3) is 7.07. The Hall–Kier alpha value is -0.280. The topological polar surface area (TPSA) is 41.1 Å². The molecule has 3 nitrogen and oxygen atoms in total. The molecule has 1 saturated carbocycles. The van der Waals surface area contributed by atoms with Crippen LogP contribution in [0, 0.1) is 5.92 Å². The summed E-state index contributed by atoms with van der Waals surface area (Å²) < 4.78 is 0. The zero-order valence-corrected chi connectivity index (χ0v) is 11.1. The van der Waals surface area contributed by atoms with Crippen LogP contribution in [-0.2, 0) is 4.79 Å². The molecule has 0 radical (unpaired) electrons. The van der Waals surface area contributed by atoms with Crippen molar-refractivity contribution in [1.29, 1.82) is 0 Å². The van der Waals surface area contributed by atoms with E-state index in [1.165, 1.54) is 38.5 Å². The molecule has 0 bridgehead atoms. The lowest BCUT2D eigenvalue weighted by atomic mass is 9.87. The number of halogens is 1. The Balaban J connectivity index is 0.00000225. The molecule has 0 heterocycles. The van der Waals surface area contributed by atoms with Gasteiger partial charge in [0.15, 0.2) is 0 Å². The number of carbonyl (C=O) groups excluding carboxylic acids is 1. The Bertz CT molecular complexity index is 182. The first-order chi connectivity index (χ1) is 7.33. The maximum Gasteiger partial charge on any atom is 0.221 e. The molecule has 0 unspecified atom stereocenters. The van der Waals surface area contributed by atoms with E-state index in [0.29, 0.717) is 6.42 Å². The van der Waals surface area contributed by atoms with Crippen LogP contribution >= 0.6 is 12.4 Å². The Morgan fingerprint density at radius 2 is 1.88 bits per heavy atom. The summed E-state index contributed by atoms with van der Waals surface area (Å²) in [5.74, 6) is 1.04. The minimum absolute atomic E-state index is 0. The second kappa shape index (κ2) is 9.91. The molecule has 1 fully saturated rings. The summed E-state index contributed by atoms with van der Waals surface area (Å²) in [6.45, 7) is 1.64. The maximum absolute atomic E-state index is 11.3. The molecule has 4 heteroatoms. The Morgan fingerprint density at radius 3 is 2.50 bits per heavy atom. The summed E-state index contributed by atoms with van der Waals surface area (Å²) in [6, 6.07) is 0. The quantitative estimate of drug-likeness (QED) is 0.756. The molecule has 0 atom stereocenters. The second-order valence-corrected chi connectivity index (χ2v) is 4.50. The van der Waals surface area contributed by atoms with Gasteiger partial charge in [0.05, 0.1) is 0 Å². The molecule has 16 heavy (non-hydrogen) atoms. The van der Waals surface area contributed by atoms with E-state index in [1.54, 1.807) is 0 Å². The smallest absolute Gasteiger partial charge is 0.221 e. The van der Waals surface area contributed by atoms with Crippen molar-refractivity contribution < 1.29 is 4.79 Å². The molecule has 0 spiro atoms. The Kier molecular flexibility index (Phi) is 9.74. The highest BCUT2D eigenvalue weighted by Gasteiger charge is 2.12. The van der Waals surface area contributed by atoms with Crippen molar-refractivity contribution in [3.63, 3.8) is 0 Å². The van der Waals surface area contributed by atoms with Crippen LogP contribution in [0.5, 0.6) is 0 Å². The molecule has 1 rings (SSSR count). The standard InChI is InChI=1S/C12H24N2O.ClH/c1-13-9-8-12(15)14-10-7-11-5-3-2-4-6-11;/h11,13H,2-10H2,1H3,(H,14,15);1H. The normalized spacial score (nSPS) is 16.6. The van der Waals surface area contributed by atoms with Gasteiger partial charge in [-0.15, -0.1) is 12.4 Å². The molecule has 1 amide bonds. The van der Waals surface area contributed by atoms with Gasteiger partial charge in [0.1, 0.15) is 0 Å². The highest BCUT2D eigenvalue weighted by molar-refractivity contribution is 5.85. The van der Waals surface area contributed by atoms with Crippen LogP contribution in [0.3, 0.4) is 0 Å².